The number of benzene rings is 1. The van der Waals surface area contributed by atoms with Crippen LogP contribution in [0.25, 0.3) is 10.9 Å². The van der Waals surface area contributed by atoms with Gasteiger partial charge in [0.2, 0.25) is 0 Å². The van der Waals surface area contributed by atoms with Crippen molar-refractivity contribution in [2.75, 3.05) is 0 Å². The van der Waals surface area contributed by atoms with Gasteiger partial charge in [0.25, 0.3) is 0 Å². The maximum absolute atomic E-state index is 6.54. The van der Waals surface area contributed by atoms with Crippen LogP contribution >= 0.6 is 0 Å². The van der Waals surface area contributed by atoms with E-state index in [1.54, 1.807) is 0 Å². The van der Waals surface area contributed by atoms with Crippen LogP contribution in [0.4, 0.5) is 0 Å². The van der Waals surface area contributed by atoms with Crippen molar-refractivity contribution in [1.29, 1.82) is 0 Å². The third-order valence-corrected chi connectivity index (χ3v) is 4.10. The molecule has 94 valence electrons. The topological polar surface area (TPSA) is 38.9 Å². The van der Waals surface area contributed by atoms with E-state index in [-0.39, 0.29) is 5.54 Å². The second kappa shape index (κ2) is 4.36. The molecule has 0 bridgehead atoms. The fraction of sp³-hybridized carbons (Fsp3) is 0.438. The second-order valence-electron chi connectivity index (χ2n) is 5.61. The largest absolute Gasteiger partial charge is 0.320 e. The first-order valence-corrected chi connectivity index (χ1v) is 6.84. The summed E-state index contributed by atoms with van der Waals surface area (Å²) < 4.78 is 0. The van der Waals surface area contributed by atoms with E-state index >= 15 is 0 Å². The van der Waals surface area contributed by atoms with Gasteiger partial charge in [0, 0.05) is 5.39 Å². The lowest BCUT2D eigenvalue weighted by molar-refractivity contribution is 0.296. The van der Waals surface area contributed by atoms with E-state index in [2.05, 4.69) is 37.3 Å². The maximum atomic E-state index is 6.54. The number of fused-ring (bicyclic) bond motifs is 1. The molecular weight excluding hydrogens is 220 g/mol. The molecule has 3 rings (SSSR count). The van der Waals surface area contributed by atoms with Gasteiger partial charge >= 0.3 is 0 Å². The van der Waals surface area contributed by atoms with Gasteiger partial charge in [-0.2, -0.15) is 0 Å². The maximum Gasteiger partial charge on any atom is 0.0706 e. The number of hydrogen-bond acceptors (Lipinski definition) is 2. The Morgan fingerprint density at radius 3 is 2.61 bits per heavy atom. The van der Waals surface area contributed by atoms with Gasteiger partial charge in [-0.1, -0.05) is 37.0 Å². The van der Waals surface area contributed by atoms with Crippen molar-refractivity contribution in [2.45, 2.75) is 44.6 Å². The molecule has 0 radical (unpaired) electrons. The minimum atomic E-state index is -0.197. The number of rotatable bonds is 1. The second-order valence-corrected chi connectivity index (χ2v) is 5.61. The summed E-state index contributed by atoms with van der Waals surface area (Å²) in [7, 11) is 0. The molecule has 1 aromatic carbocycles. The minimum Gasteiger partial charge on any atom is -0.320 e. The fourth-order valence-electron chi connectivity index (χ4n) is 2.96. The Labute approximate surface area is 108 Å². The van der Waals surface area contributed by atoms with E-state index in [1.165, 1.54) is 30.2 Å². The zero-order valence-electron chi connectivity index (χ0n) is 10.9. The standard InChI is InChI=1S/C16H20N2/c1-12-5-7-14-13(11-12)6-8-15(18-14)16(17)9-3-2-4-10-16/h5-8,11H,2-4,9-10,17H2,1H3. The molecule has 0 amide bonds. The average Bonchev–Trinajstić information content (AvgIpc) is 2.39. The Morgan fingerprint density at radius 2 is 1.83 bits per heavy atom. The smallest absolute Gasteiger partial charge is 0.0706 e. The van der Waals surface area contributed by atoms with Gasteiger partial charge in [-0.15, -0.1) is 0 Å². The van der Waals surface area contributed by atoms with E-state index in [0.717, 1.165) is 24.1 Å². The van der Waals surface area contributed by atoms with Crippen molar-refractivity contribution in [1.82, 2.24) is 4.98 Å². The highest BCUT2D eigenvalue weighted by Gasteiger charge is 2.30. The van der Waals surface area contributed by atoms with Crippen molar-refractivity contribution < 1.29 is 0 Å². The predicted molar refractivity (Wildman–Crippen MR) is 75.4 cm³/mol. The highest BCUT2D eigenvalue weighted by Crippen LogP contribution is 2.34. The van der Waals surface area contributed by atoms with Crippen LogP contribution in [0, 0.1) is 6.92 Å². The third-order valence-electron chi connectivity index (χ3n) is 4.10. The average molecular weight is 240 g/mol. The zero-order chi connectivity index (χ0) is 12.6. The van der Waals surface area contributed by atoms with Crippen LogP contribution in [0.1, 0.15) is 43.4 Å². The number of aromatic nitrogens is 1. The molecule has 1 aromatic heterocycles. The molecule has 1 fully saturated rings. The molecule has 1 aliphatic carbocycles. The lowest BCUT2D eigenvalue weighted by Crippen LogP contribution is -2.39. The molecule has 2 aromatic rings. The van der Waals surface area contributed by atoms with Crippen molar-refractivity contribution in [3.05, 3.63) is 41.6 Å². The third kappa shape index (κ3) is 2.01. The molecule has 0 spiro atoms. The monoisotopic (exact) mass is 240 g/mol. The van der Waals surface area contributed by atoms with E-state index < -0.39 is 0 Å². The Morgan fingerprint density at radius 1 is 1.06 bits per heavy atom. The van der Waals surface area contributed by atoms with Crippen LogP contribution < -0.4 is 5.73 Å². The summed E-state index contributed by atoms with van der Waals surface area (Å²) in [6.07, 6.45) is 5.90. The highest BCUT2D eigenvalue weighted by molar-refractivity contribution is 5.79. The van der Waals surface area contributed by atoms with Crippen LogP contribution in [0.2, 0.25) is 0 Å². The fourth-order valence-corrected chi connectivity index (χ4v) is 2.96. The van der Waals surface area contributed by atoms with Gasteiger partial charge in [0.1, 0.15) is 0 Å². The molecule has 1 saturated carbocycles. The van der Waals surface area contributed by atoms with Gasteiger partial charge < -0.3 is 5.73 Å². The molecule has 0 atom stereocenters. The molecule has 0 aliphatic heterocycles. The number of pyridine rings is 1. The summed E-state index contributed by atoms with van der Waals surface area (Å²) in [5, 5.41) is 1.21. The Kier molecular flexibility index (Phi) is 2.83. The number of nitrogens with zero attached hydrogens (tertiary/aromatic N) is 1. The number of hydrogen-bond donors (Lipinski definition) is 1. The lowest BCUT2D eigenvalue weighted by Gasteiger charge is -2.33. The normalized spacial score (nSPS) is 19.0. The van der Waals surface area contributed by atoms with E-state index in [9.17, 15) is 0 Å². The van der Waals surface area contributed by atoms with Crippen LogP contribution in [-0.4, -0.2) is 4.98 Å². The van der Waals surface area contributed by atoms with E-state index in [1.807, 2.05) is 0 Å². The van der Waals surface area contributed by atoms with Gasteiger partial charge in [0.15, 0.2) is 0 Å². The summed E-state index contributed by atoms with van der Waals surface area (Å²) in [6, 6.07) is 10.7. The lowest BCUT2D eigenvalue weighted by atomic mass is 9.80. The van der Waals surface area contributed by atoms with Crippen molar-refractivity contribution in [3.8, 4) is 0 Å². The summed E-state index contributed by atoms with van der Waals surface area (Å²) >= 11 is 0. The summed E-state index contributed by atoms with van der Waals surface area (Å²) in [4.78, 5) is 4.79. The Hall–Kier alpha value is -1.41. The first-order valence-electron chi connectivity index (χ1n) is 6.84. The first kappa shape index (κ1) is 11.7. The van der Waals surface area contributed by atoms with E-state index in [0.29, 0.717) is 0 Å². The summed E-state index contributed by atoms with van der Waals surface area (Å²) in [6.45, 7) is 2.11. The molecule has 0 unspecified atom stereocenters. The number of nitrogens with two attached hydrogens (primary N) is 1. The van der Waals surface area contributed by atoms with Gasteiger partial charge in [-0.25, -0.2) is 0 Å². The van der Waals surface area contributed by atoms with E-state index in [4.69, 9.17) is 10.7 Å². The van der Waals surface area contributed by atoms with Crippen LogP contribution in [0.3, 0.4) is 0 Å². The predicted octanol–water partition coefficient (Wildman–Crippen LogP) is 3.66. The molecule has 18 heavy (non-hydrogen) atoms. The van der Waals surface area contributed by atoms with Crippen LogP contribution in [-0.2, 0) is 5.54 Å². The van der Waals surface area contributed by atoms with Crippen molar-refractivity contribution in [3.63, 3.8) is 0 Å². The molecular formula is C16H20N2. The first-order chi connectivity index (χ1) is 8.67. The SMILES string of the molecule is Cc1ccc2nc(C3(N)CCCCC3)ccc2c1. The Bertz CT molecular complexity index is 568. The molecule has 1 aliphatic rings. The molecule has 0 saturated heterocycles. The van der Waals surface area contributed by atoms with Crippen molar-refractivity contribution >= 4 is 10.9 Å². The molecule has 2 heteroatoms. The summed E-state index contributed by atoms with van der Waals surface area (Å²) in [5.74, 6) is 0. The van der Waals surface area contributed by atoms with Crippen LogP contribution in [0.5, 0.6) is 0 Å². The number of aryl methyl sites for hydroxylation is 1. The summed E-state index contributed by atoms with van der Waals surface area (Å²) in [5.41, 5.74) is 9.75. The molecule has 2 N–H and O–H groups in total. The highest BCUT2D eigenvalue weighted by atomic mass is 14.8. The van der Waals surface area contributed by atoms with Crippen molar-refractivity contribution in [2.24, 2.45) is 5.73 Å². The van der Waals surface area contributed by atoms with Gasteiger partial charge in [0.05, 0.1) is 16.7 Å². The van der Waals surface area contributed by atoms with Crippen LogP contribution in [0.15, 0.2) is 30.3 Å². The quantitative estimate of drug-likeness (QED) is 0.826. The minimum absolute atomic E-state index is 0.197. The van der Waals surface area contributed by atoms with Gasteiger partial charge in [-0.3, -0.25) is 4.98 Å². The zero-order valence-corrected chi connectivity index (χ0v) is 10.9. The Balaban J connectivity index is 2.05. The van der Waals surface area contributed by atoms with Gasteiger partial charge in [-0.05, 0) is 38.0 Å². The molecule has 1 heterocycles. The molecule has 2 nitrogen and oxygen atoms in total.